The van der Waals surface area contributed by atoms with Gasteiger partial charge in [-0.3, -0.25) is 9.59 Å². The van der Waals surface area contributed by atoms with Crippen molar-refractivity contribution in [3.8, 4) is 11.5 Å². The number of carbonyl (C=O) groups is 1. The quantitative estimate of drug-likeness (QED) is 0.824. The molecule has 8 heteroatoms. The van der Waals surface area contributed by atoms with Gasteiger partial charge in [0, 0.05) is 13.2 Å². The summed E-state index contributed by atoms with van der Waals surface area (Å²) in [5.74, 6) is 0.163. The van der Waals surface area contributed by atoms with Crippen molar-refractivity contribution < 1.29 is 13.9 Å². The molecule has 0 bridgehead atoms. The summed E-state index contributed by atoms with van der Waals surface area (Å²) in [5.41, 5.74) is 5.62. The topological polar surface area (TPSA) is 112 Å². The molecule has 2 aromatic heterocycles. The van der Waals surface area contributed by atoms with Crippen molar-refractivity contribution in [3.63, 3.8) is 0 Å². The van der Waals surface area contributed by atoms with Gasteiger partial charge in [-0.15, -0.1) is 0 Å². The summed E-state index contributed by atoms with van der Waals surface area (Å²) in [5, 5.41) is 6.88. The van der Waals surface area contributed by atoms with E-state index >= 15 is 0 Å². The molecule has 0 radical (unpaired) electrons. The molecule has 1 aliphatic heterocycles. The van der Waals surface area contributed by atoms with Gasteiger partial charge >= 0.3 is 0 Å². The fraction of sp³-hybridized carbons (Fsp3) is 0.400. The van der Waals surface area contributed by atoms with E-state index in [0.29, 0.717) is 18.0 Å². The molecule has 3 rings (SSSR count). The first-order chi connectivity index (χ1) is 11.1. The van der Waals surface area contributed by atoms with E-state index in [1.165, 1.54) is 12.3 Å². The fourth-order valence-corrected chi connectivity index (χ4v) is 2.44. The molecule has 1 aliphatic rings. The lowest BCUT2D eigenvalue weighted by molar-refractivity contribution is -0.122. The minimum atomic E-state index is -0.507. The van der Waals surface area contributed by atoms with E-state index in [2.05, 4.69) is 10.4 Å². The maximum Gasteiger partial charge on any atom is 0.290 e. The highest BCUT2D eigenvalue weighted by Crippen LogP contribution is 2.17. The second kappa shape index (κ2) is 6.66. The molecule has 1 saturated heterocycles. The Hall–Kier alpha value is -2.61. The molecule has 0 aromatic carbocycles. The number of ether oxygens (including phenoxy) is 1. The van der Waals surface area contributed by atoms with Crippen LogP contribution in [0, 0.1) is 0 Å². The monoisotopic (exact) mass is 318 g/mol. The normalized spacial score (nSPS) is 17.3. The summed E-state index contributed by atoms with van der Waals surface area (Å²) in [6.07, 6.45) is 3.47. The van der Waals surface area contributed by atoms with Gasteiger partial charge in [-0.1, -0.05) is 0 Å². The second-order valence-electron chi connectivity index (χ2n) is 5.36. The molecule has 2 aromatic rings. The Morgan fingerprint density at radius 1 is 1.52 bits per heavy atom. The molecule has 0 saturated carbocycles. The minimum absolute atomic E-state index is 0.0123. The predicted octanol–water partition coefficient (Wildman–Crippen LogP) is 0.381. The third-order valence-corrected chi connectivity index (χ3v) is 3.62. The first-order valence-electron chi connectivity index (χ1n) is 7.43. The van der Waals surface area contributed by atoms with Crippen LogP contribution < -0.4 is 16.6 Å². The zero-order valence-electron chi connectivity index (χ0n) is 12.5. The Bertz CT molecular complexity index is 732. The number of amides is 1. The number of nitrogens with two attached hydrogens (primary N) is 1. The van der Waals surface area contributed by atoms with Crippen LogP contribution in [0.25, 0.3) is 11.5 Å². The summed E-state index contributed by atoms with van der Waals surface area (Å²) < 4.78 is 11.7. The van der Waals surface area contributed by atoms with E-state index in [-0.39, 0.29) is 24.2 Å². The van der Waals surface area contributed by atoms with Crippen molar-refractivity contribution in [2.24, 2.45) is 0 Å². The third kappa shape index (κ3) is 3.59. The van der Waals surface area contributed by atoms with E-state index < -0.39 is 5.56 Å². The van der Waals surface area contributed by atoms with Crippen molar-refractivity contribution in [1.82, 2.24) is 15.1 Å². The maximum absolute atomic E-state index is 12.0. The van der Waals surface area contributed by atoms with Gasteiger partial charge in [0.1, 0.15) is 17.9 Å². The minimum Gasteiger partial charge on any atom is -0.463 e. The summed E-state index contributed by atoms with van der Waals surface area (Å²) in [6, 6.07) is 4.84. The number of anilines is 1. The lowest BCUT2D eigenvalue weighted by atomic mass is 10.2. The van der Waals surface area contributed by atoms with Gasteiger partial charge in [-0.2, -0.15) is 5.10 Å². The molecular weight excluding hydrogens is 300 g/mol. The summed E-state index contributed by atoms with van der Waals surface area (Å²) >= 11 is 0. The highest BCUT2D eigenvalue weighted by atomic mass is 16.5. The Morgan fingerprint density at radius 2 is 2.39 bits per heavy atom. The summed E-state index contributed by atoms with van der Waals surface area (Å²) in [7, 11) is 0. The summed E-state index contributed by atoms with van der Waals surface area (Å²) in [4.78, 5) is 24.0. The maximum atomic E-state index is 12.0. The van der Waals surface area contributed by atoms with Crippen LogP contribution in [-0.2, 0) is 16.1 Å². The van der Waals surface area contributed by atoms with Crippen molar-refractivity contribution in [2.45, 2.75) is 25.5 Å². The van der Waals surface area contributed by atoms with Crippen molar-refractivity contribution in [3.05, 3.63) is 34.8 Å². The smallest absolute Gasteiger partial charge is 0.290 e. The number of hydrogen-bond donors (Lipinski definition) is 2. The van der Waals surface area contributed by atoms with E-state index in [4.69, 9.17) is 14.9 Å². The second-order valence-corrected chi connectivity index (χ2v) is 5.36. The molecule has 1 fully saturated rings. The van der Waals surface area contributed by atoms with Gasteiger partial charge in [0.05, 0.1) is 12.4 Å². The highest BCUT2D eigenvalue weighted by molar-refractivity contribution is 5.75. The Labute approximate surface area is 132 Å². The molecule has 3 N–H and O–H groups in total. The average molecular weight is 318 g/mol. The van der Waals surface area contributed by atoms with Crippen LogP contribution in [0.2, 0.25) is 0 Å². The van der Waals surface area contributed by atoms with Crippen LogP contribution in [0.15, 0.2) is 33.7 Å². The lowest BCUT2D eigenvalue weighted by Crippen LogP contribution is -2.37. The van der Waals surface area contributed by atoms with Crippen molar-refractivity contribution in [2.75, 3.05) is 18.9 Å². The molecule has 0 unspecified atom stereocenters. The molecular formula is C15H18N4O4. The van der Waals surface area contributed by atoms with Crippen LogP contribution in [0.4, 0.5) is 5.69 Å². The number of hydrogen-bond acceptors (Lipinski definition) is 6. The fourth-order valence-electron chi connectivity index (χ4n) is 2.44. The average Bonchev–Trinajstić information content (AvgIpc) is 3.22. The first kappa shape index (κ1) is 15.3. The number of nitrogen functional groups attached to an aromatic ring is 1. The molecule has 23 heavy (non-hydrogen) atoms. The SMILES string of the molecule is Nc1cc(-c2ccco2)nn(CC(=O)NC[C@@H]2CCCO2)c1=O. The summed E-state index contributed by atoms with van der Waals surface area (Å²) in [6.45, 7) is 0.953. The molecule has 1 amide bonds. The molecule has 0 spiro atoms. The van der Waals surface area contributed by atoms with Gasteiger partial charge in [0.2, 0.25) is 5.91 Å². The van der Waals surface area contributed by atoms with Crippen LogP contribution in [0.3, 0.4) is 0 Å². The zero-order valence-corrected chi connectivity index (χ0v) is 12.5. The predicted molar refractivity (Wildman–Crippen MR) is 82.6 cm³/mol. The van der Waals surface area contributed by atoms with E-state index in [9.17, 15) is 9.59 Å². The number of aromatic nitrogens is 2. The number of rotatable bonds is 5. The number of carbonyl (C=O) groups excluding carboxylic acids is 1. The Kier molecular flexibility index (Phi) is 4.42. The van der Waals surface area contributed by atoms with Crippen LogP contribution in [0.5, 0.6) is 0 Å². The lowest BCUT2D eigenvalue weighted by Gasteiger charge is -2.11. The number of nitrogens with one attached hydrogen (secondary N) is 1. The van der Waals surface area contributed by atoms with Crippen LogP contribution in [-0.4, -0.2) is 34.9 Å². The van der Waals surface area contributed by atoms with Gasteiger partial charge in [0.25, 0.3) is 5.56 Å². The van der Waals surface area contributed by atoms with Crippen molar-refractivity contribution >= 4 is 11.6 Å². The van der Waals surface area contributed by atoms with E-state index in [1.54, 1.807) is 12.1 Å². The first-order valence-corrected chi connectivity index (χ1v) is 7.43. The number of furan rings is 1. The largest absolute Gasteiger partial charge is 0.463 e. The third-order valence-electron chi connectivity index (χ3n) is 3.62. The van der Waals surface area contributed by atoms with E-state index in [1.807, 2.05) is 0 Å². The Balaban J connectivity index is 1.71. The molecule has 0 aliphatic carbocycles. The zero-order chi connectivity index (χ0) is 16.2. The molecule has 3 heterocycles. The molecule has 1 atom stereocenters. The van der Waals surface area contributed by atoms with Gasteiger partial charge in [-0.25, -0.2) is 4.68 Å². The Morgan fingerprint density at radius 3 is 3.09 bits per heavy atom. The molecule has 122 valence electrons. The van der Waals surface area contributed by atoms with Gasteiger partial charge in [0.15, 0.2) is 5.76 Å². The van der Waals surface area contributed by atoms with E-state index in [0.717, 1.165) is 24.1 Å². The van der Waals surface area contributed by atoms with Crippen LogP contribution >= 0.6 is 0 Å². The highest BCUT2D eigenvalue weighted by Gasteiger charge is 2.17. The number of nitrogens with zero attached hydrogens (tertiary/aromatic N) is 2. The standard InChI is InChI=1S/C15H18N4O4/c16-11-7-12(13-4-2-6-23-13)18-19(15(11)21)9-14(20)17-8-10-3-1-5-22-10/h2,4,6-7,10H,1,3,5,8-9,16H2,(H,17,20)/t10-/m0/s1. The molecule has 8 nitrogen and oxygen atoms in total. The van der Waals surface area contributed by atoms with Crippen molar-refractivity contribution in [1.29, 1.82) is 0 Å². The van der Waals surface area contributed by atoms with Gasteiger partial charge in [-0.05, 0) is 31.0 Å². The van der Waals surface area contributed by atoms with Gasteiger partial charge < -0.3 is 20.2 Å². The van der Waals surface area contributed by atoms with Crippen LogP contribution in [0.1, 0.15) is 12.8 Å².